The number of thiazole rings is 1. The van der Waals surface area contributed by atoms with E-state index in [2.05, 4.69) is 10.3 Å². The number of anilines is 1. The van der Waals surface area contributed by atoms with Gasteiger partial charge in [-0.15, -0.1) is 11.3 Å². The van der Waals surface area contributed by atoms with Crippen molar-refractivity contribution in [3.05, 3.63) is 39.8 Å². The first-order chi connectivity index (χ1) is 10.4. The number of aryl methyl sites for hydroxylation is 1. The van der Waals surface area contributed by atoms with Crippen LogP contribution in [0.4, 0.5) is 5.69 Å². The molecule has 0 aliphatic carbocycles. The van der Waals surface area contributed by atoms with E-state index in [0.29, 0.717) is 22.7 Å². The summed E-state index contributed by atoms with van der Waals surface area (Å²) in [5.41, 5.74) is 1.26. The van der Waals surface area contributed by atoms with Crippen molar-refractivity contribution in [2.24, 2.45) is 0 Å². The molecule has 2 aromatic rings. The molecular weight excluding hydrogens is 302 g/mol. The molecule has 0 unspecified atom stereocenters. The number of rotatable bonds is 4. The Morgan fingerprint density at radius 1 is 1.32 bits per heavy atom. The number of amides is 2. The third-order valence-corrected chi connectivity index (χ3v) is 3.72. The van der Waals surface area contributed by atoms with Gasteiger partial charge in [-0.1, -0.05) is 0 Å². The third-order valence-electron chi connectivity index (χ3n) is 2.95. The maximum atomic E-state index is 12.2. The van der Waals surface area contributed by atoms with Gasteiger partial charge in [0.15, 0.2) is 0 Å². The molecule has 2 amide bonds. The highest BCUT2D eigenvalue weighted by atomic mass is 32.1. The first-order valence-corrected chi connectivity index (χ1v) is 7.43. The van der Waals surface area contributed by atoms with Crippen LogP contribution in [0.15, 0.2) is 23.6 Å². The highest BCUT2D eigenvalue weighted by molar-refractivity contribution is 7.09. The zero-order valence-corrected chi connectivity index (χ0v) is 13.7. The summed E-state index contributed by atoms with van der Waals surface area (Å²) in [7, 11) is 4.81. The fraction of sp³-hybridized carbons (Fsp3) is 0.267. The van der Waals surface area contributed by atoms with Crippen molar-refractivity contribution >= 4 is 28.8 Å². The van der Waals surface area contributed by atoms with Gasteiger partial charge in [-0.3, -0.25) is 9.59 Å². The molecule has 0 fully saturated rings. The molecule has 0 aliphatic rings. The zero-order valence-electron chi connectivity index (χ0n) is 12.8. The van der Waals surface area contributed by atoms with Crippen LogP contribution < -0.4 is 10.1 Å². The Morgan fingerprint density at radius 2 is 2.05 bits per heavy atom. The molecule has 2 rings (SSSR count). The maximum Gasteiger partial charge on any atom is 0.275 e. The molecule has 0 radical (unpaired) electrons. The second-order valence-corrected chi connectivity index (χ2v) is 5.88. The van der Waals surface area contributed by atoms with E-state index in [9.17, 15) is 9.59 Å². The average Bonchev–Trinajstić information content (AvgIpc) is 2.93. The van der Waals surface area contributed by atoms with Crippen molar-refractivity contribution in [2.45, 2.75) is 6.92 Å². The lowest BCUT2D eigenvalue weighted by Gasteiger charge is -2.14. The minimum atomic E-state index is -0.308. The van der Waals surface area contributed by atoms with Crippen LogP contribution in [-0.2, 0) is 0 Å². The van der Waals surface area contributed by atoms with Crippen LogP contribution in [0, 0.1) is 6.92 Å². The average molecular weight is 319 g/mol. The van der Waals surface area contributed by atoms with Crippen LogP contribution in [0.25, 0.3) is 0 Å². The van der Waals surface area contributed by atoms with E-state index in [1.54, 1.807) is 37.7 Å². The number of aromatic nitrogens is 1. The lowest BCUT2D eigenvalue weighted by Crippen LogP contribution is -2.22. The Labute approximate surface area is 132 Å². The molecule has 1 aromatic heterocycles. The number of nitrogens with one attached hydrogen (secondary N) is 1. The quantitative estimate of drug-likeness (QED) is 0.939. The first-order valence-electron chi connectivity index (χ1n) is 6.55. The first kappa shape index (κ1) is 16.0. The Kier molecular flexibility index (Phi) is 4.77. The van der Waals surface area contributed by atoms with Gasteiger partial charge in [0.25, 0.3) is 11.8 Å². The van der Waals surface area contributed by atoms with Crippen LogP contribution in [0.3, 0.4) is 0 Å². The Morgan fingerprint density at radius 3 is 2.59 bits per heavy atom. The molecule has 1 heterocycles. The number of carbonyl (C=O) groups excluding carboxylic acids is 2. The van der Waals surface area contributed by atoms with E-state index in [-0.39, 0.29) is 11.8 Å². The molecule has 0 saturated heterocycles. The summed E-state index contributed by atoms with van der Waals surface area (Å²) in [6.07, 6.45) is 0. The molecule has 1 N–H and O–H groups in total. The van der Waals surface area contributed by atoms with Gasteiger partial charge in [-0.05, 0) is 25.1 Å². The van der Waals surface area contributed by atoms with Gasteiger partial charge in [0.05, 0.1) is 17.7 Å². The van der Waals surface area contributed by atoms with E-state index in [1.165, 1.54) is 23.3 Å². The lowest BCUT2D eigenvalue weighted by molar-refractivity contribution is 0.0824. The molecule has 0 bridgehead atoms. The summed E-state index contributed by atoms with van der Waals surface area (Å²) >= 11 is 1.41. The van der Waals surface area contributed by atoms with Gasteiger partial charge < -0.3 is 15.0 Å². The number of ether oxygens (including phenoxy) is 1. The van der Waals surface area contributed by atoms with Crippen molar-refractivity contribution in [3.63, 3.8) is 0 Å². The van der Waals surface area contributed by atoms with Crippen LogP contribution in [-0.4, -0.2) is 42.9 Å². The predicted octanol–water partition coefficient (Wildman–Crippen LogP) is 2.41. The highest BCUT2D eigenvalue weighted by Crippen LogP contribution is 2.24. The number of methoxy groups -OCH3 is 1. The molecular formula is C15H17N3O3S. The number of carbonyl (C=O) groups is 2. The molecule has 0 aliphatic heterocycles. The van der Waals surface area contributed by atoms with E-state index in [4.69, 9.17) is 4.74 Å². The van der Waals surface area contributed by atoms with Crippen LogP contribution in [0.1, 0.15) is 25.9 Å². The summed E-state index contributed by atoms with van der Waals surface area (Å²) in [4.78, 5) is 29.8. The van der Waals surface area contributed by atoms with Crippen molar-refractivity contribution in [1.29, 1.82) is 0 Å². The van der Waals surface area contributed by atoms with E-state index in [0.717, 1.165) is 5.01 Å². The van der Waals surface area contributed by atoms with E-state index < -0.39 is 0 Å². The molecule has 1 aromatic carbocycles. The fourth-order valence-corrected chi connectivity index (χ4v) is 2.45. The monoisotopic (exact) mass is 319 g/mol. The van der Waals surface area contributed by atoms with Gasteiger partial charge in [0.2, 0.25) is 0 Å². The second kappa shape index (κ2) is 6.57. The summed E-state index contributed by atoms with van der Waals surface area (Å²) < 4.78 is 5.19. The minimum Gasteiger partial charge on any atom is -0.496 e. The predicted molar refractivity (Wildman–Crippen MR) is 85.8 cm³/mol. The SMILES string of the molecule is COc1ccc(NC(=O)c2csc(C)n2)cc1C(=O)N(C)C. The van der Waals surface area contributed by atoms with Crippen LogP contribution in [0.5, 0.6) is 5.75 Å². The number of nitrogens with zero attached hydrogens (tertiary/aromatic N) is 2. The minimum absolute atomic E-state index is 0.197. The lowest BCUT2D eigenvalue weighted by atomic mass is 10.1. The van der Waals surface area contributed by atoms with Crippen molar-refractivity contribution in [1.82, 2.24) is 9.88 Å². The topological polar surface area (TPSA) is 71.5 Å². The molecule has 116 valence electrons. The third kappa shape index (κ3) is 3.43. The van der Waals surface area contributed by atoms with Crippen LogP contribution >= 0.6 is 11.3 Å². The Balaban J connectivity index is 2.27. The molecule has 0 atom stereocenters. The fourth-order valence-electron chi connectivity index (χ4n) is 1.86. The standard InChI is InChI=1S/C15H17N3O3S/c1-9-16-12(8-22-9)14(19)17-10-5-6-13(21-4)11(7-10)15(20)18(2)3/h5-8H,1-4H3,(H,17,19). The van der Waals surface area contributed by atoms with Gasteiger partial charge in [-0.2, -0.15) is 0 Å². The molecule has 7 heteroatoms. The molecule has 0 saturated carbocycles. The number of hydrogen-bond acceptors (Lipinski definition) is 5. The normalized spacial score (nSPS) is 10.2. The maximum absolute atomic E-state index is 12.2. The molecule has 6 nitrogen and oxygen atoms in total. The van der Waals surface area contributed by atoms with Crippen molar-refractivity contribution in [3.8, 4) is 5.75 Å². The van der Waals surface area contributed by atoms with Crippen LogP contribution in [0.2, 0.25) is 0 Å². The van der Waals surface area contributed by atoms with Gasteiger partial charge >= 0.3 is 0 Å². The van der Waals surface area contributed by atoms with Gasteiger partial charge in [0.1, 0.15) is 11.4 Å². The largest absolute Gasteiger partial charge is 0.496 e. The number of benzene rings is 1. The van der Waals surface area contributed by atoms with E-state index >= 15 is 0 Å². The van der Waals surface area contributed by atoms with Gasteiger partial charge in [0, 0.05) is 25.2 Å². The molecule has 22 heavy (non-hydrogen) atoms. The zero-order chi connectivity index (χ0) is 16.3. The van der Waals surface area contributed by atoms with Crippen molar-refractivity contribution in [2.75, 3.05) is 26.5 Å². The summed E-state index contributed by atoms with van der Waals surface area (Å²) in [6, 6.07) is 4.93. The summed E-state index contributed by atoms with van der Waals surface area (Å²) in [5.74, 6) is -0.0450. The molecule has 0 spiro atoms. The van der Waals surface area contributed by atoms with Crippen molar-refractivity contribution < 1.29 is 14.3 Å². The Hall–Kier alpha value is -2.41. The Bertz CT molecular complexity index is 710. The summed E-state index contributed by atoms with van der Waals surface area (Å²) in [6.45, 7) is 1.84. The highest BCUT2D eigenvalue weighted by Gasteiger charge is 2.16. The second-order valence-electron chi connectivity index (χ2n) is 4.82. The van der Waals surface area contributed by atoms with Gasteiger partial charge in [-0.25, -0.2) is 4.98 Å². The van der Waals surface area contributed by atoms with E-state index in [1.807, 2.05) is 6.92 Å². The summed E-state index contributed by atoms with van der Waals surface area (Å²) in [5, 5.41) is 5.25. The number of hydrogen-bond donors (Lipinski definition) is 1. The smallest absolute Gasteiger partial charge is 0.275 e.